The summed E-state index contributed by atoms with van der Waals surface area (Å²) in [5.41, 5.74) is 3.19. The second-order valence-corrected chi connectivity index (χ2v) is 4.93. The van der Waals surface area contributed by atoms with Gasteiger partial charge < -0.3 is 0 Å². The average molecular weight is 270 g/mol. The number of carbonyl (C=O) groups excluding carboxylic acids is 1. The highest BCUT2D eigenvalue weighted by molar-refractivity contribution is 5.95. The Morgan fingerprint density at radius 3 is 2.55 bits per heavy atom. The number of rotatable bonds is 6. The third kappa shape index (κ3) is 2.98. The van der Waals surface area contributed by atoms with Gasteiger partial charge in [-0.2, -0.15) is 5.10 Å². The average Bonchev–Trinajstić information content (AvgIpc) is 2.83. The van der Waals surface area contributed by atoms with Gasteiger partial charge in [0.15, 0.2) is 5.78 Å². The number of para-hydroxylation sites is 1. The number of aromatic nitrogens is 2. The molecule has 0 aliphatic rings. The molecule has 3 heteroatoms. The molecule has 20 heavy (non-hydrogen) atoms. The van der Waals surface area contributed by atoms with Crippen molar-refractivity contribution in [2.45, 2.75) is 46.6 Å². The lowest BCUT2D eigenvalue weighted by Crippen LogP contribution is -2.03. The fourth-order valence-electron chi connectivity index (χ4n) is 2.47. The van der Waals surface area contributed by atoms with Crippen LogP contribution in [0.4, 0.5) is 0 Å². The molecule has 3 nitrogen and oxygen atoms in total. The van der Waals surface area contributed by atoms with Crippen LogP contribution in [-0.4, -0.2) is 15.6 Å². The van der Waals surface area contributed by atoms with Gasteiger partial charge in [0.1, 0.15) is 0 Å². The van der Waals surface area contributed by atoms with E-state index in [2.05, 4.69) is 31.9 Å². The van der Waals surface area contributed by atoms with Crippen molar-refractivity contribution in [2.75, 3.05) is 0 Å². The van der Waals surface area contributed by atoms with Gasteiger partial charge in [-0.1, -0.05) is 37.6 Å². The summed E-state index contributed by atoms with van der Waals surface area (Å²) >= 11 is 0. The van der Waals surface area contributed by atoms with Gasteiger partial charge in [-0.25, -0.2) is 0 Å². The first-order chi connectivity index (χ1) is 9.69. The molecule has 0 atom stereocenters. The van der Waals surface area contributed by atoms with E-state index in [1.54, 1.807) is 6.08 Å². The Hall–Kier alpha value is -1.90. The smallest absolute Gasteiger partial charge is 0.161 e. The molecule has 2 rings (SSSR count). The highest BCUT2D eigenvalue weighted by Gasteiger charge is 2.11. The standard InChI is InChI=1S/C17H22N2O/c1-4-13(5-2)11-14(20)12-16-15-9-7-8-10-17(15)19(6-3)18-16/h7-11H,4-6,12H2,1-3H3. The number of allylic oxidation sites excluding steroid dienone is 2. The molecular weight excluding hydrogens is 248 g/mol. The first-order valence-corrected chi connectivity index (χ1v) is 7.36. The monoisotopic (exact) mass is 270 g/mol. The number of hydrogen-bond acceptors (Lipinski definition) is 2. The predicted molar refractivity (Wildman–Crippen MR) is 82.8 cm³/mol. The molecule has 0 aliphatic carbocycles. The summed E-state index contributed by atoms with van der Waals surface area (Å²) in [7, 11) is 0. The van der Waals surface area contributed by atoms with Crippen molar-refractivity contribution in [1.82, 2.24) is 9.78 Å². The van der Waals surface area contributed by atoms with Crippen LogP contribution in [0.3, 0.4) is 0 Å². The van der Waals surface area contributed by atoms with Gasteiger partial charge in [-0.15, -0.1) is 0 Å². The number of aryl methyl sites for hydroxylation is 1. The van der Waals surface area contributed by atoms with Crippen molar-refractivity contribution in [3.05, 3.63) is 41.6 Å². The van der Waals surface area contributed by atoms with Crippen LogP contribution in [0.2, 0.25) is 0 Å². The molecule has 0 radical (unpaired) electrons. The SMILES string of the molecule is CCC(=CC(=O)Cc1nn(CC)c2ccccc12)CC. The maximum absolute atomic E-state index is 12.2. The van der Waals surface area contributed by atoms with Crippen molar-refractivity contribution in [1.29, 1.82) is 0 Å². The lowest BCUT2D eigenvalue weighted by atomic mass is 10.1. The second-order valence-electron chi connectivity index (χ2n) is 4.93. The molecule has 0 fully saturated rings. The molecule has 1 aromatic heterocycles. The highest BCUT2D eigenvalue weighted by Crippen LogP contribution is 2.19. The fraction of sp³-hybridized carbons (Fsp3) is 0.412. The summed E-state index contributed by atoms with van der Waals surface area (Å²) in [6, 6.07) is 8.10. The summed E-state index contributed by atoms with van der Waals surface area (Å²) in [4.78, 5) is 12.2. The number of benzene rings is 1. The Kier molecular flexibility index (Phi) is 4.72. The van der Waals surface area contributed by atoms with Crippen LogP contribution in [0.5, 0.6) is 0 Å². The second kappa shape index (κ2) is 6.51. The fourth-order valence-corrected chi connectivity index (χ4v) is 2.47. The number of ketones is 1. The molecule has 0 amide bonds. The normalized spacial score (nSPS) is 10.8. The van der Waals surface area contributed by atoms with Crippen LogP contribution in [0.25, 0.3) is 10.9 Å². The van der Waals surface area contributed by atoms with Crippen molar-refractivity contribution in [3.8, 4) is 0 Å². The van der Waals surface area contributed by atoms with Gasteiger partial charge in [0.25, 0.3) is 0 Å². The zero-order chi connectivity index (χ0) is 14.5. The Labute approximate surface area is 120 Å². The van der Waals surface area contributed by atoms with Crippen molar-refractivity contribution in [3.63, 3.8) is 0 Å². The molecule has 1 aromatic carbocycles. The van der Waals surface area contributed by atoms with Crippen LogP contribution < -0.4 is 0 Å². The molecule has 0 bridgehead atoms. The van der Waals surface area contributed by atoms with E-state index in [0.29, 0.717) is 6.42 Å². The van der Waals surface area contributed by atoms with Crippen molar-refractivity contribution in [2.24, 2.45) is 0 Å². The Balaban J connectivity index is 2.30. The zero-order valence-corrected chi connectivity index (χ0v) is 12.5. The minimum absolute atomic E-state index is 0.148. The van der Waals surface area contributed by atoms with Gasteiger partial charge in [-0.3, -0.25) is 9.48 Å². The summed E-state index contributed by atoms with van der Waals surface area (Å²) in [6.45, 7) is 7.06. The van der Waals surface area contributed by atoms with E-state index < -0.39 is 0 Å². The Morgan fingerprint density at radius 2 is 1.90 bits per heavy atom. The molecule has 0 N–H and O–H groups in total. The summed E-state index contributed by atoms with van der Waals surface area (Å²) in [5.74, 6) is 0.148. The van der Waals surface area contributed by atoms with Gasteiger partial charge in [-0.05, 0) is 31.9 Å². The lowest BCUT2D eigenvalue weighted by Gasteiger charge is -1.99. The number of hydrogen-bond donors (Lipinski definition) is 0. The first-order valence-electron chi connectivity index (χ1n) is 7.36. The predicted octanol–water partition coefficient (Wildman–Crippen LogP) is 3.91. The Bertz CT molecular complexity index is 631. The largest absolute Gasteiger partial charge is 0.294 e. The lowest BCUT2D eigenvalue weighted by molar-refractivity contribution is -0.114. The van der Waals surface area contributed by atoms with Crippen LogP contribution in [0.15, 0.2) is 35.9 Å². The maximum atomic E-state index is 12.2. The summed E-state index contributed by atoms with van der Waals surface area (Å²) in [5, 5.41) is 5.66. The van der Waals surface area contributed by atoms with Gasteiger partial charge >= 0.3 is 0 Å². The topological polar surface area (TPSA) is 34.9 Å². The van der Waals surface area contributed by atoms with E-state index in [9.17, 15) is 4.79 Å². The number of carbonyl (C=O) groups is 1. The van der Waals surface area contributed by atoms with E-state index in [1.165, 1.54) is 5.57 Å². The van der Waals surface area contributed by atoms with Crippen LogP contribution in [0.1, 0.15) is 39.3 Å². The minimum atomic E-state index is 0.148. The zero-order valence-electron chi connectivity index (χ0n) is 12.5. The van der Waals surface area contributed by atoms with Crippen molar-refractivity contribution >= 4 is 16.7 Å². The van der Waals surface area contributed by atoms with E-state index >= 15 is 0 Å². The molecule has 0 aliphatic heterocycles. The number of nitrogens with zero attached hydrogens (tertiary/aromatic N) is 2. The van der Waals surface area contributed by atoms with E-state index in [4.69, 9.17) is 0 Å². The third-order valence-electron chi connectivity index (χ3n) is 3.65. The van der Waals surface area contributed by atoms with Crippen LogP contribution in [0, 0.1) is 0 Å². The highest BCUT2D eigenvalue weighted by atomic mass is 16.1. The Morgan fingerprint density at radius 1 is 1.20 bits per heavy atom. The van der Waals surface area contributed by atoms with Crippen LogP contribution >= 0.6 is 0 Å². The van der Waals surface area contributed by atoms with Gasteiger partial charge in [0, 0.05) is 11.9 Å². The molecule has 0 spiro atoms. The first kappa shape index (κ1) is 14.5. The quantitative estimate of drug-likeness (QED) is 0.746. The van der Waals surface area contributed by atoms with Crippen LogP contribution in [-0.2, 0) is 17.8 Å². The maximum Gasteiger partial charge on any atom is 0.161 e. The third-order valence-corrected chi connectivity index (χ3v) is 3.65. The molecule has 106 valence electrons. The minimum Gasteiger partial charge on any atom is -0.294 e. The molecule has 1 heterocycles. The van der Waals surface area contributed by atoms with Gasteiger partial charge in [0.05, 0.1) is 17.6 Å². The van der Waals surface area contributed by atoms with E-state index in [1.807, 2.05) is 22.9 Å². The van der Waals surface area contributed by atoms with E-state index in [-0.39, 0.29) is 5.78 Å². The summed E-state index contributed by atoms with van der Waals surface area (Å²) < 4.78 is 1.96. The molecule has 0 unspecified atom stereocenters. The number of fused-ring (bicyclic) bond motifs is 1. The molecule has 2 aromatic rings. The van der Waals surface area contributed by atoms with Gasteiger partial charge in [0.2, 0.25) is 0 Å². The van der Waals surface area contributed by atoms with E-state index in [0.717, 1.165) is 36.0 Å². The molecule has 0 saturated heterocycles. The van der Waals surface area contributed by atoms with Crippen molar-refractivity contribution < 1.29 is 4.79 Å². The molecular formula is C17H22N2O. The summed E-state index contributed by atoms with van der Waals surface area (Å²) in [6.07, 6.45) is 4.05. The molecule has 0 saturated carbocycles.